The van der Waals surface area contributed by atoms with Crippen LogP contribution >= 0.6 is 0 Å². The minimum absolute atomic E-state index is 0.0486. The highest BCUT2D eigenvalue weighted by Crippen LogP contribution is 2.21. The second-order valence-corrected chi connectivity index (χ2v) is 5.16. The van der Waals surface area contributed by atoms with Gasteiger partial charge in [0.15, 0.2) is 0 Å². The molecule has 0 aromatic heterocycles. The quantitative estimate of drug-likeness (QED) is 0.844. The first-order valence-corrected chi connectivity index (χ1v) is 7.38. The van der Waals surface area contributed by atoms with Crippen LogP contribution in [0.15, 0.2) is 17.0 Å². The molecule has 0 saturated heterocycles. The van der Waals surface area contributed by atoms with E-state index < -0.39 is 10.1 Å². The van der Waals surface area contributed by atoms with Crippen LogP contribution in [0.2, 0.25) is 0 Å². The molecule has 0 fully saturated rings. The fourth-order valence-corrected chi connectivity index (χ4v) is 2.37. The molecular formula is C13H22O3S. The summed E-state index contributed by atoms with van der Waals surface area (Å²) in [6.07, 6.45) is 1.52. The van der Waals surface area contributed by atoms with Crippen molar-refractivity contribution in [3.63, 3.8) is 0 Å². The van der Waals surface area contributed by atoms with Gasteiger partial charge in [0, 0.05) is 0 Å². The number of aryl methyl sites for hydroxylation is 3. The van der Waals surface area contributed by atoms with Crippen molar-refractivity contribution in [3.8, 4) is 0 Å². The third-order valence-electron chi connectivity index (χ3n) is 2.47. The Morgan fingerprint density at radius 3 is 2.00 bits per heavy atom. The summed E-state index contributed by atoms with van der Waals surface area (Å²) in [5.41, 5.74) is 2.62. The van der Waals surface area contributed by atoms with Crippen molar-refractivity contribution >= 4 is 10.1 Å². The molecule has 1 aromatic rings. The zero-order valence-corrected chi connectivity index (χ0v) is 12.1. The lowest BCUT2D eigenvalue weighted by atomic mass is 10.0. The second-order valence-electron chi connectivity index (χ2n) is 3.77. The van der Waals surface area contributed by atoms with Gasteiger partial charge in [-0.3, -0.25) is 4.55 Å². The van der Waals surface area contributed by atoms with Crippen molar-refractivity contribution in [1.82, 2.24) is 0 Å². The van der Waals surface area contributed by atoms with E-state index in [1.165, 1.54) is 6.07 Å². The average Bonchev–Trinajstić information content (AvgIpc) is 2.25. The molecule has 0 saturated carbocycles. The molecule has 0 amide bonds. The average molecular weight is 258 g/mol. The molecule has 4 heteroatoms. The molecule has 17 heavy (non-hydrogen) atoms. The van der Waals surface area contributed by atoms with Gasteiger partial charge in [0.25, 0.3) is 10.1 Å². The van der Waals surface area contributed by atoms with Crippen LogP contribution in [0.1, 0.15) is 43.9 Å². The van der Waals surface area contributed by atoms with E-state index in [-0.39, 0.29) is 4.90 Å². The number of rotatable bonds is 3. The van der Waals surface area contributed by atoms with Crippen molar-refractivity contribution in [3.05, 3.63) is 28.8 Å². The molecule has 0 radical (unpaired) electrons. The standard InChI is InChI=1S/C11H16O3S.C2H6/c1-4-5-10-6-8(2)9(3)7-11(10)15(12,13)14;1-2/h6-7H,4-5H2,1-3H3,(H,12,13,14);1-2H3. The Morgan fingerprint density at radius 2 is 1.59 bits per heavy atom. The largest absolute Gasteiger partial charge is 0.294 e. The monoisotopic (exact) mass is 258 g/mol. The molecule has 0 atom stereocenters. The maximum atomic E-state index is 11.1. The van der Waals surface area contributed by atoms with E-state index in [1.807, 2.05) is 40.7 Å². The lowest BCUT2D eigenvalue weighted by Gasteiger charge is -2.09. The Kier molecular flexibility index (Phi) is 6.42. The van der Waals surface area contributed by atoms with Crippen LogP contribution in [-0.2, 0) is 16.5 Å². The van der Waals surface area contributed by atoms with Crippen LogP contribution < -0.4 is 0 Å². The summed E-state index contributed by atoms with van der Waals surface area (Å²) < 4.78 is 31.4. The van der Waals surface area contributed by atoms with Crippen LogP contribution in [0.25, 0.3) is 0 Å². The highest BCUT2D eigenvalue weighted by atomic mass is 32.2. The Bertz CT molecular complexity index is 462. The maximum absolute atomic E-state index is 11.1. The van der Waals surface area contributed by atoms with Gasteiger partial charge in [0.05, 0.1) is 4.90 Å². The van der Waals surface area contributed by atoms with E-state index in [9.17, 15) is 8.42 Å². The van der Waals surface area contributed by atoms with E-state index in [4.69, 9.17) is 4.55 Å². The van der Waals surface area contributed by atoms with Gasteiger partial charge in [0.2, 0.25) is 0 Å². The van der Waals surface area contributed by atoms with Gasteiger partial charge in [-0.15, -0.1) is 0 Å². The molecule has 1 aromatic carbocycles. The predicted octanol–water partition coefficient (Wildman–Crippen LogP) is 3.53. The molecule has 0 aliphatic rings. The molecule has 1 N–H and O–H groups in total. The van der Waals surface area contributed by atoms with Crippen molar-refractivity contribution < 1.29 is 13.0 Å². The molecule has 0 spiro atoms. The minimum Gasteiger partial charge on any atom is -0.282 e. The summed E-state index contributed by atoms with van der Waals surface area (Å²) in [5, 5.41) is 0. The van der Waals surface area contributed by atoms with Gasteiger partial charge >= 0.3 is 0 Å². The summed E-state index contributed by atoms with van der Waals surface area (Å²) in [5.74, 6) is 0. The third kappa shape index (κ3) is 4.48. The van der Waals surface area contributed by atoms with E-state index in [0.29, 0.717) is 12.0 Å². The van der Waals surface area contributed by atoms with E-state index in [2.05, 4.69) is 0 Å². The molecule has 0 aliphatic carbocycles. The first-order chi connectivity index (χ1) is 7.86. The van der Waals surface area contributed by atoms with Gasteiger partial charge in [-0.1, -0.05) is 33.3 Å². The van der Waals surface area contributed by atoms with Crippen LogP contribution in [0, 0.1) is 13.8 Å². The predicted molar refractivity (Wildman–Crippen MR) is 71.1 cm³/mol. The van der Waals surface area contributed by atoms with Crippen LogP contribution in [0.3, 0.4) is 0 Å². The Hall–Kier alpha value is -0.870. The van der Waals surface area contributed by atoms with Crippen molar-refractivity contribution in [2.45, 2.75) is 52.4 Å². The summed E-state index contributed by atoms with van der Waals surface area (Å²) in [6, 6.07) is 3.37. The fraction of sp³-hybridized carbons (Fsp3) is 0.538. The topological polar surface area (TPSA) is 54.4 Å². The summed E-state index contributed by atoms with van der Waals surface area (Å²) in [7, 11) is -4.09. The lowest BCUT2D eigenvalue weighted by Crippen LogP contribution is -2.04. The Balaban J connectivity index is 0.00000121. The summed E-state index contributed by atoms with van der Waals surface area (Å²) in [6.45, 7) is 9.74. The van der Waals surface area contributed by atoms with Crippen molar-refractivity contribution in [1.29, 1.82) is 0 Å². The van der Waals surface area contributed by atoms with E-state index in [1.54, 1.807) is 0 Å². The fourth-order valence-electron chi connectivity index (χ4n) is 1.55. The lowest BCUT2D eigenvalue weighted by molar-refractivity contribution is 0.482. The van der Waals surface area contributed by atoms with Crippen molar-refractivity contribution in [2.24, 2.45) is 0 Å². The van der Waals surface area contributed by atoms with Gasteiger partial charge in [-0.05, 0) is 43.0 Å². The van der Waals surface area contributed by atoms with Gasteiger partial charge < -0.3 is 0 Å². The van der Waals surface area contributed by atoms with Crippen LogP contribution in [0.4, 0.5) is 0 Å². The third-order valence-corrected chi connectivity index (χ3v) is 3.41. The molecule has 0 aliphatic heterocycles. The highest BCUT2D eigenvalue weighted by molar-refractivity contribution is 7.85. The molecule has 3 nitrogen and oxygen atoms in total. The zero-order chi connectivity index (χ0) is 13.6. The smallest absolute Gasteiger partial charge is 0.282 e. The molecular weight excluding hydrogens is 236 g/mol. The molecule has 0 heterocycles. The summed E-state index contributed by atoms with van der Waals surface area (Å²) >= 11 is 0. The highest BCUT2D eigenvalue weighted by Gasteiger charge is 2.15. The maximum Gasteiger partial charge on any atom is 0.294 e. The van der Waals surface area contributed by atoms with Gasteiger partial charge in [0.1, 0.15) is 0 Å². The normalized spacial score (nSPS) is 10.7. The van der Waals surface area contributed by atoms with Gasteiger partial charge in [-0.25, -0.2) is 0 Å². The van der Waals surface area contributed by atoms with Crippen LogP contribution in [-0.4, -0.2) is 13.0 Å². The van der Waals surface area contributed by atoms with E-state index in [0.717, 1.165) is 17.5 Å². The number of benzene rings is 1. The first kappa shape index (κ1) is 16.1. The van der Waals surface area contributed by atoms with Crippen LogP contribution in [0.5, 0.6) is 0 Å². The second kappa shape index (κ2) is 6.77. The first-order valence-electron chi connectivity index (χ1n) is 5.94. The minimum atomic E-state index is -4.09. The molecule has 98 valence electrons. The van der Waals surface area contributed by atoms with E-state index >= 15 is 0 Å². The van der Waals surface area contributed by atoms with Crippen molar-refractivity contribution in [2.75, 3.05) is 0 Å². The molecule has 1 rings (SSSR count). The molecule has 0 unspecified atom stereocenters. The SMILES string of the molecule is CC.CCCc1cc(C)c(C)cc1S(=O)(=O)O. The molecule has 0 bridgehead atoms. The number of hydrogen-bond donors (Lipinski definition) is 1. The number of hydrogen-bond acceptors (Lipinski definition) is 2. The van der Waals surface area contributed by atoms with Gasteiger partial charge in [-0.2, -0.15) is 8.42 Å². The Labute approximate surface area is 105 Å². The zero-order valence-electron chi connectivity index (χ0n) is 11.2. The summed E-state index contributed by atoms with van der Waals surface area (Å²) in [4.78, 5) is 0.0486. The Morgan fingerprint density at radius 1 is 1.12 bits per heavy atom.